The first-order valence-electron chi connectivity index (χ1n) is 6.75. The van der Waals surface area contributed by atoms with Crippen molar-refractivity contribution in [1.82, 2.24) is 10.3 Å². The molecule has 2 rings (SSSR count). The molecule has 0 saturated carbocycles. The highest BCUT2D eigenvalue weighted by Gasteiger charge is 2.13. The third-order valence-electron chi connectivity index (χ3n) is 3.27. The van der Waals surface area contributed by atoms with Crippen molar-refractivity contribution in [2.75, 3.05) is 0 Å². The molecular formula is C15H19N3O2S. The normalized spacial score (nSPS) is 13.0. The summed E-state index contributed by atoms with van der Waals surface area (Å²) >= 11 is 0. The Morgan fingerprint density at radius 2 is 2.10 bits per heavy atom. The van der Waals surface area contributed by atoms with E-state index < -0.39 is 10.0 Å². The van der Waals surface area contributed by atoms with Crippen LogP contribution in [0.2, 0.25) is 0 Å². The van der Waals surface area contributed by atoms with E-state index in [-0.39, 0.29) is 10.9 Å². The monoisotopic (exact) mass is 305 g/mol. The Morgan fingerprint density at radius 3 is 2.71 bits per heavy atom. The van der Waals surface area contributed by atoms with E-state index in [4.69, 9.17) is 5.14 Å². The van der Waals surface area contributed by atoms with Gasteiger partial charge in [-0.25, -0.2) is 13.6 Å². The number of hydrogen-bond donors (Lipinski definition) is 2. The van der Waals surface area contributed by atoms with Gasteiger partial charge in [-0.3, -0.25) is 4.98 Å². The van der Waals surface area contributed by atoms with Crippen LogP contribution < -0.4 is 10.5 Å². The van der Waals surface area contributed by atoms with Gasteiger partial charge in [0.15, 0.2) is 0 Å². The fourth-order valence-corrected chi connectivity index (χ4v) is 2.72. The van der Waals surface area contributed by atoms with Gasteiger partial charge >= 0.3 is 0 Å². The molecule has 0 unspecified atom stereocenters. The Kier molecular flexibility index (Phi) is 5.06. The minimum atomic E-state index is -3.67. The number of nitrogens with one attached hydrogen (secondary N) is 1. The third kappa shape index (κ3) is 4.35. The van der Waals surface area contributed by atoms with Crippen LogP contribution in [0.25, 0.3) is 0 Å². The highest BCUT2D eigenvalue weighted by molar-refractivity contribution is 7.89. The smallest absolute Gasteiger partial charge is 0.238 e. The molecule has 21 heavy (non-hydrogen) atoms. The molecule has 0 aliphatic carbocycles. The summed E-state index contributed by atoms with van der Waals surface area (Å²) in [6.45, 7) is 2.72. The zero-order valence-electron chi connectivity index (χ0n) is 11.9. The number of aromatic nitrogens is 1. The quantitative estimate of drug-likeness (QED) is 0.854. The maximum atomic E-state index is 11.4. The average molecular weight is 305 g/mol. The summed E-state index contributed by atoms with van der Waals surface area (Å²) in [6.07, 6.45) is 4.38. The highest BCUT2D eigenvalue weighted by atomic mass is 32.2. The fraction of sp³-hybridized carbons (Fsp3) is 0.267. The molecule has 1 aromatic heterocycles. The van der Waals surface area contributed by atoms with E-state index in [1.54, 1.807) is 24.5 Å². The van der Waals surface area contributed by atoms with Crippen LogP contribution in [0, 0.1) is 0 Å². The molecule has 0 spiro atoms. The average Bonchev–Trinajstić information content (AvgIpc) is 2.48. The largest absolute Gasteiger partial charge is 0.306 e. The predicted octanol–water partition coefficient (Wildman–Crippen LogP) is 1.97. The van der Waals surface area contributed by atoms with E-state index in [9.17, 15) is 8.42 Å². The Balaban J connectivity index is 2.14. The number of pyridine rings is 1. The van der Waals surface area contributed by atoms with E-state index in [0.717, 1.165) is 17.5 Å². The second-order valence-electron chi connectivity index (χ2n) is 4.82. The van der Waals surface area contributed by atoms with E-state index in [2.05, 4.69) is 10.3 Å². The maximum Gasteiger partial charge on any atom is 0.238 e. The van der Waals surface area contributed by atoms with E-state index in [1.165, 1.54) is 6.07 Å². The predicted molar refractivity (Wildman–Crippen MR) is 81.9 cm³/mol. The van der Waals surface area contributed by atoms with E-state index in [1.807, 2.05) is 25.1 Å². The first-order chi connectivity index (χ1) is 10.0. The molecule has 1 atom stereocenters. The zero-order chi connectivity index (χ0) is 15.3. The molecule has 5 nitrogen and oxygen atoms in total. The van der Waals surface area contributed by atoms with Crippen LogP contribution in [0.1, 0.15) is 30.5 Å². The second-order valence-corrected chi connectivity index (χ2v) is 6.38. The Hall–Kier alpha value is -1.76. The summed E-state index contributed by atoms with van der Waals surface area (Å²) in [6, 6.07) is 10.7. The lowest BCUT2D eigenvalue weighted by atomic mass is 10.0. The van der Waals surface area contributed by atoms with E-state index >= 15 is 0 Å². The number of nitrogens with zero attached hydrogens (tertiary/aromatic N) is 1. The van der Waals surface area contributed by atoms with Gasteiger partial charge in [-0.2, -0.15) is 0 Å². The van der Waals surface area contributed by atoms with Gasteiger partial charge in [0.1, 0.15) is 0 Å². The molecule has 3 N–H and O–H groups in total. The van der Waals surface area contributed by atoms with Gasteiger partial charge in [-0.1, -0.05) is 25.1 Å². The Bertz CT molecular complexity index is 687. The van der Waals surface area contributed by atoms with Crippen LogP contribution >= 0.6 is 0 Å². The van der Waals surface area contributed by atoms with Crippen molar-refractivity contribution in [1.29, 1.82) is 0 Å². The van der Waals surface area contributed by atoms with Crippen LogP contribution in [0.15, 0.2) is 53.7 Å². The summed E-state index contributed by atoms with van der Waals surface area (Å²) < 4.78 is 22.8. The SMILES string of the molecule is CC[C@@H](NCc1cccnc1)c1cccc(S(N)(=O)=O)c1. The van der Waals surface area contributed by atoms with Gasteiger partial charge in [-0.15, -0.1) is 0 Å². The van der Waals surface area contributed by atoms with Crippen molar-refractivity contribution in [3.8, 4) is 0 Å². The molecule has 0 fully saturated rings. The first-order valence-corrected chi connectivity index (χ1v) is 8.30. The number of sulfonamides is 1. The molecule has 0 aliphatic rings. The summed E-state index contributed by atoms with van der Waals surface area (Å²) in [5, 5.41) is 8.58. The van der Waals surface area contributed by atoms with Crippen LogP contribution in [0.3, 0.4) is 0 Å². The number of hydrogen-bond acceptors (Lipinski definition) is 4. The fourth-order valence-electron chi connectivity index (χ4n) is 2.15. The van der Waals surface area contributed by atoms with Crippen LogP contribution in [0.5, 0.6) is 0 Å². The summed E-state index contributed by atoms with van der Waals surface area (Å²) in [4.78, 5) is 4.21. The van der Waals surface area contributed by atoms with Gasteiger partial charge in [0.2, 0.25) is 10.0 Å². The molecule has 2 aromatic rings. The van der Waals surface area contributed by atoms with Crippen molar-refractivity contribution in [2.24, 2.45) is 5.14 Å². The molecule has 112 valence electrons. The molecule has 1 heterocycles. The van der Waals surface area contributed by atoms with Crippen LogP contribution in [-0.4, -0.2) is 13.4 Å². The van der Waals surface area contributed by atoms with Gasteiger partial charge < -0.3 is 5.32 Å². The Morgan fingerprint density at radius 1 is 1.29 bits per heavy atom. The zero-order valence-corrected chi connectivity index (χ0v) is 12.7. The summed E-state index contributed by atoms with van der Waals surface area (Å²) in [5.74, 6) is 0. The molecule has 1 aromatic carbocycles. The number of rotatable bonds is 6. The number of primary sulfonamides is 1. The number of benzene rings is 1. The molecule has 0 radical (unpaired) electrons. The summed E-state index contributed by atoms with van der Waals surface area (Å²) in [5.41, 5.74) is 1.99. The van der Waals surface area contributed by atoms with Gasteiger partial charge in [0.25, 0.3) is 0 Å². The minimum Gasteiger partial charge on any atom is -0.306 e. The lowest BCUT2D eigenvalue weighted by molar-refractivity contribution is 0.517. The maximum absolute atomic E-state index is 11.4. The van der Waals surface area contributed by atoms with Crippen LogP contribution in [0.4, 0.5) is 0 Å². The van der Waals surface area contributed by atoms with Crippen molar-refractivity contribution < 1.29 is 8.42 Å². The molecular weight excluding hydrogens is 286 g/mol. The van der Waals surface area contributed by atoms with Crippen molar-refractivity contribution in [3.63, 3.8) is 0 Å². The standard InChI is InChI=1S/C15H19N3O2S/c1-2-15(18-11-12-5-4-8-17-10-12)13-6-3-7-14(9-13)21(16,19)20/h3-10,15,18H,2,11H2,1H3,(H2,16,19,20)/t15-/m1/s1. The lowest BCUT2D eigenvalue weighted by Crippen LogP contribution is -2.21. The van der Waals surface area contributed by atoms with Crippen molar-refractivity contribution in [3.05, 3.63) is 59.9 Å². The highest BCUT2D eigenvalue weighted by Crippen LogP contribution is 2.20. The lowest BCUT2D eigenvalue weighted by Gasteiger charge is -2.18. The molecule has 0 bridgehead atoms. The van der Waals surface area contributed by atoms with Gasteiger partial charge in [-0.05, 0) is 35.7 Å². The molecule has 0 aliphatic heterocycles. The minimum absolute atomic E-state index is 0.0620. The molecule has 6 heteroatoms. The van der Waals surface area contributed by atoms with Crippen LogP contribution in [-0.2, 0) is 16.6 Å². The third-order valence-corrected chi connectivity index (χ3v) is 4.18. The van der Waals surface area contributed by atoms with Gasteiger partial charge in [0, 0.05) is 25.0 Å². The topological polar surface area (TPSA) is 85.1 Å². The van der Waals surface area contributed by atoms with E-state index in [0.29, 0.717) is 6.54 Å². The van der Waals surface area contributed by atoms with Crippen molar-refractivity contribution >= 4 is 10.0 Å². The number of nitrogens with two attached hydrogens (primary N) is 1. The second kappa shape index (κ2) is 6.80. The molecule has 0 saturated heterocycles. The Labute approximate surface area is 125 Å². The van der Waals surface area contributed by atoms with Gasteiger partial charge in [0.05, 0.1) is 4.90 Å². The summed E-state index contributed by atoms with van der Waals surface area (Å²) in [7, 11) is -3.67. The molecule has 0 amide bonds. The van der Waals surface area contributed by atoms with Crippen molar-refractivity contribution in [2.45, 2.75) is 30.8 Å². The first kappa shape index (κ1) is 15.6.